The zero-order valence-corrected chi connectivity index (χ0v) is 9.65. The first kappa shape index (κ1) is 11.1. The van der Waals surface area contributed by atoms with E-state index in [1.54, 1.807) is 6.20 Å². The number of anilines is 1. The molecule has 0 saturated heterocycles. The number of aromatic nitrogens is 1. The predicted molar refractivity (Wildman–Crippen MR) is 67.6 cm³/mol. The maximum absolute atomic E-state index is 4.46. The van der Waals surface area contributed by atoms with E-state index in [4.69, 9.17) is 0 Å². The molecule has 0 radical (unpaired) electrons. The van der Waals surface area contributed by atoms with E-state index in [1.807, 2.05) is 18.2 Å². The fourth-order valence-electron chi connectivity index (χ4n) is 1.99. The number of nitrogens with zero attached hydrogens (tertiary/aromatic N) is 2. The van der Waals surface area contributed by atoms with E-state index >= 15 is 0 Å². The Morgan fingerprint density at radius 1 is 1.00 bits per heavy atom. The molecule has 0 spiro atoms. The highest BCUT2D eigenvalue weighted by molar-refractivity contribution is 5.85. The van der Waals surface area contributed by atoms with Crippen LogP contribution >= 0.6 is 0 Å². The molecule has 0 bridgehead atoms. The van der Waals surface area contributed by atoms with Gasteiger partial charge in [-0.2, -0.15) is 5.10 Å². The number of hydrogen-bond donors (Lipinski definition) is 1. The molecule has 1 fully saturated rings. The van der Waals surface area contributed by atoms with Gasteiger partial charge in [-0.3, -0.25) is 5.43 Å². The summed E-state index contributed by atoms with van der Waals surface area (Å²) in [6.07, 6.45) is 10.7. The minimum absolute atomic E-state index is 0.831. The second kappa shape index (κ2) is 6.26. The van der Waals surface area contributed by atoms with E-state index in [0.717, 1.165) is 18.7 Å². The van der Waals surface area contributed by atoms with Crippen LogP contribution in [0.2, 0.25) is 0 Å². The standard InChI is InChI=1S/C13H19N3/c1-2-4-8-12(9-5-3-1)15-16-13-10-6-7-11-14-13/h6-7,10-11H,1-5,8-9H2,(H,14,16). The summed E-state index contributed by atoms with van der Waals surface area (Å²) in [7, 11) is 0. The first-order valence-electron chi connectivity index (χ1n) is 6.17. The van der Waals surface area contributed by atoms with Gasteiger partial charge in [-0.05, 0) is 37.8 Å². The van der Waals surface area contributed by atoms with Gasteiger partial charge in [0.1, 0.15) is 5.82 Å². The Hall–Kier alpha value is -1.38. The molecular weight excluding hydrogens is 198 g/mol. The minimum atomic E-state index is 0.831. The quantitative estimate of drug-likeness (QED) is 0.768. The molecule has 1 heterocycles. The molecule has 0 amide bonds. The molecule has 1 aliphatic carbocycles. The zero-order chi connectivity index (χ0) is 11.1. The van der Waals surface area contributed by atoms with Gasteiger partial charge in [-0.25, -0.2) is 4.98 Å². The highest BCUT2D eigenvalue weighted by Gasteiger charge is 2.04. The highest BCUT2D eigenvalue weighted by atomic mass is 15.3. The molecule has 86 valence electrons. The zero-order valence-electron chi connectivity index (χ0n) is 9.65. The average Bonchev–Trinajstić information content (AvgIpc) is 2.29. The van der Waals surface area contributed by atoms with Crippen LogP contribution in [0.5, 0.6) is 0 Å². The molecule has 3 nitrogen and oxygen atoms in total. The molecule has 1 aromatic rings. The van der Waals surface area contributed by atoms with Crippen LogP contribution < -0.4 is 5.43 Å². The molecule has 1 aliphatic rings. The van der Waals surface area contributed by atoms with Crippen LogP contribution in [0.1, 0.15) is 44.9 Å². The molecule has 0 aromatic carbocycles. The van der Waals surface area contributed by atoms with E-state index in [2.05, 4.69) is 15.5 Å². The van der Waals surface area contributed by atoms with E-state index in [9.17, 15) is 0 Å². The third-order valence-corrected chi connectivity index (χ3v) is 2.92. The lowest BCUT2D eigenvalue weighted by molar-refractivity contribution is 0.606. The maximum atomic E-state index is 4.46. The molecular formula is C13H19N3. The maximum Gasteiger partial charge on any atom is 0.146 e. The van der Waals surface area contributed by atoms with Crippen LogP contribution in [-0.2, 0) is 0 Å². The van der Waals surface area contributed by atoms with E-state index in [1.165, 1.54) is 37.8 Å². The van der Waals surface area contributed by atoms with Crippen LogP contribution in [0.15, 0.2) is 29.5 Å². The second-order valence-electron chi connectivity index (χ2n) is 4.27. The molecule has 1 N–H and O–H groups in total. The molecule has 3 heteroatoms. The summed E-state index contributed by atoms with van der Waals surface area (Å²) < 4.78 is 0. The first-order chi connectivity index (χ1) is 7.95. The first-order valence-corrected chi connectivity index (χ1v) is 6.17. The largest absolute Gasteiger partial charge is 0.261 e. The Bertz CT molecular complexity index is 322. The van der Waals surface area contributed by atoms with Gasteiger partial charge in [0.25, 0.3) is 0 Å². The number of nitrogens with one attached hydrogen (secondary N) is 1. The number of rotatable bonds is 2. The summed E-state index contributed by atoms with van der Waals surface area (Å²) in [5.74, 6) is 0.831. The van der Waals surface area contributed by atoms with Gasteiger partial charge < -0.3 is 0 Å². The summed E-state index contributed by atoms with van der Waals surface area (Å²) >= 11 is 0. The van der Waals surface area contributed by atoms with Crippen molar-refractivity contribution in [1.82, 2.24) is 4.98 Å². The van der Waals surface area contributed by atoms with Gasteiger partial charge >= 0.3 is 0 Å². The molecule has 0 aliphatic heterocycles. The van der Waals surface area contributed by atoms with E-state index in [0.29, 0.717) is 0 Å². The summed E-state index contributed by atoms with van der Waals surface area (Å²) in [4.78, 5) is 4.19. The van der Waals surface area contributed by atoms with Crippen LogP contribution in [0, 0.1) is 0 Å². The van der Waals surface area contributed by atoms with Gasteiger partial charge in [-0.1, -0.05) is 25.3 Å². The van der Waals surface area contributed by atoms with Crippen molar-refractivity contribution in [1.29, 1.82) is 0 Å². The normalized spacial score (nSPS) is 17.4. The summed E-state index contributed by atoms with van der Waals surface area (Å²) in [6, 6.07) is 5.81. The molecule has 16 heavy (non-hydrogen) atoms. The lowest BCUT2D eigenvalue weighted by atomic mass is 9.99. The smallest absolute Gasteiger partial charge is 0.146 e. The average molecular weight is 217 g/mol. The van der Waals surface area contributed by atoms with E-state index in [-0.39, 0.29) is 0 Å². The Morgan fingerprint density at radius 2 is 1.75 bits per heavy atom. The van der Waals surface area contributed by atoms with Crippen molar-refractivity contribution in [3.05, 3.63) is 24.4 Å². The van der Waals surface area contributed by atoms with Gasteiger partial charge in [0.2, 0.25) is 0 Å². The number of hydrazone groups is 1. The van der Waals surface area contributed by atoms with Crippen molar-refractivity contribution in [2.24, 2.45) is 5.10 Å². The van der Waals surface area contributed by atoms with Gasteiger partial charge in [0.05, 0.1) is 0 Å². The van der Waals surface area contributed by atoms with Crippen molar-refractivity contribution in [3.63, 3.8) is 0 Å². The van der Waals surface area contributed by atoms with Gasteiger partial charge in [-0.15, -0.1) is 0 Å². The molecule has 0 atom stereocenters. The summed E-state index contributed by atoms with van der Waals surface area (Å²) in [6.45, 7) is 0. The molecule has 2 rings (SSSR count). The summed E-state index contributed by atoms with van der Waals surface area (Å²) in [5.41, 5.74) is 4.34. The monoisotopic (exact) mass is 217 g/mol. The SMILES string of the molecule is c1ccc(NN=C2CCCCCCC2)nc1. The Kier molecular flexibility index (Phi) is 4.35. The lowest BCUT2D eigenvalue weighted by Crippen LogP contribution is -2.05. The van der Waals surface area contributed by atoms with Crippen molar-refractivity contribution in [3.8, 4) is 0 Å². The highest BCUT2D eigenvalue weighted by Crippen LogP contribution is 2.15. The van der Waals surface area contributed by atoms with Crippen LogP contribution in [0.3, 0.4) is 0 Å². The van der Waals surface area contributed by atoms with Crippen molar-refractivity contribution in [2.75, 3.05) is 5.43 Å². The third-order valence-electron chi connectivity index (χ3n) is 2.92. The van der Waals surface area contributed by atoms with Crippen molar-refractivity contribution >= 4 is 11.5 Å². The van der Waals surface area contributed by atoms with E-state index < -0.39 is 0 Å². The number of hydrogen-bond acceptors (Lipinski definition) is 3. The van der Waals surface area contributed by atoms with Gasteiger partial charge in [0, 0.05) is 11.9 Å². The minimum Gasteiger partial charge on any atom is -0.261 e. The third kappa shape index (κ3) is 3.65. The summed E-state index contributed by atoms with van der Waals surface area (Å²) in [5, 5.41) is 4.46. The fourth-order valence-corrected chi connectivity index (χ4v) is 1.99. The van der Waals surface area contributed by atoms with Crippen LogP contribution in [-0.4, -0.2) is 10.7 Å². The topological polar surface area (TPSA) is 37.3 Å². The lowest BCUT2D eigenvalue weighted by Gasteiger charge is -2.10. The number of pyridine rings is 1. The Morgan fingerprint density at radius 3 is 2.44 bits per heavy atom. The Balaban J connectivity index is 1.89. The molecule has 1 saturated carbocycles. The second-order valence-corrected chi connectivity index (χ2v) is 4.27. The fraction of sp³-hybridized carbons (Fsp3) is 0.538. The predicted octanol–water partition coefficient (Wildman–Crippen LogP) is 3.59. The van der Waals surface area contributed by atoms with Crippen LogP contribution in [0.4, 0.5) is 5.82 Å². The molecule has 0 unspecified atom stereocenters. The van der Waals surface area contributed by atoms with Crippen molar-refractivity contribution in [2.45, 2.75) is 44.9 Å². The van der Waals surface area contributed by atoms with Crippen molar-refractivity contribution < 1.29 is 0 Å². The van der Waals surface area contributed by atoms with Gasteiger partial charge in [0.15, 0.2) is 0 Å². The van der Waals surface area contributed by atoms with Crippen LogP contribution in [0.25, 0.3) is 0 Å². The molecule has 1 aromatic heterocycles. The Labute approximate surface area is 97.0 Å².